The zero-order valence-corrected chi connectivity index (χ0v) is 8.09. The first-order chi connectivity index (χ1) is 5.93. The molecule has 0 bridgehead atoms. The minimum Gasteiger partial charge on any atom is -0.374 e. The van der Waals surface area contributed by atoms with Gasteiger partial charge in [-0.2, -0.15) is 0 Å². The van der Waals surface area contributed by atoms with Crippen LogP contribution in [-0.2, 0) is 4.74 Å². The molecule has 0 aromatic rings. The number of allylic oxidation sites excluding steroid dienone is 1. The summed E-state index contributed by atoms with van der Waals surface area (Å²) in [6, 6.07) is 0. The second-order valence-corrected chi connectivity index (χ2v) is 3.48. The molecule has 0 aromatic heterocycles. The van der Waals surface area contributed by atoms with Crippen LogP contribution in [0.3, 0.4) is 0 Å². The van der Waals surface area contributed by atoms with Crippen LogP contribution in [0.2, 0.25) is 0 Å². The summed E-state index contributed by atoms with van der Waals surface area (Å²) in [5.74, 6) is 0. The van der Waals surface area contributed by atoms with Gasteiger partial charge in [-0.3, -0.25) is 0 Å². The van der Waals surface area contributed by atoms with Gasteiger partial charge in [0.1, 0.15) is 0 Å². The molecular weight excluding hydrogens is 148 g/mol. The summed E-state index contributed by atoms with van der Waals surface area (Å²) >= 11 is 0. The van der Waals surface area contributed by atoms with Crippen LogP contribution in [-0.4, -0.2) is 12.7 Å². The Hall–Kier alpha value is -0.300. The second-order valence-electron chi connectivity index (χ2n) is 3.48. The average Bonchev–Trinajstić information content (AvgIpc) is 2.02. The molecule has 0 heterocycles. The van der Waals surface area contributed by atoms with E-state index in [1.165, 1.54) is 32.1 Å². The van der Waals surface area contributed by atoms with Crippen LogP contribution in [0.5, 0.6) is 0 Å². The fraction of sp³-hybridized carbons (Fsp3) is 0.818. The highest BCUT2D eigenvalue weighted by Crippen LogP contribution is 2.14. The van der Waals surface area contributed by atoms with E-state index in [1.54, 1.807) is 0 Å². The van der Waals surface area contributed by atoms with E-state index >= 15 is 0 Å². The Kier molecular flexibility index (Phi) is 5.09. The zero-order valence-electron chi connectivity index (χ0n) is 8.09. The van der Waals surface area contributed by atoms with Crippen molar-refractivity contribution in [1.29, 1.82) is 0 Å². The Balaban J connectivity index is 2.23. The number of ether oxygens (including phenoxy) is 1. The van der Waals surface area contributed by atoms with Crippen molar-refractivity contribution in [3.05, 3.63) is 12.2 Å². The summed E-state index contributed by atoms with van der Waals surface area (Å²) in [5, 5.41) is 0. The van der Waals surface area contributed by atoms with Crippen LogP contribution in [0.1, 0.15) is 45.4 Å². The van der Waals surface area contributed by atoms with E-state index in [1.807, 2.05) is 0 Å². The molecule has 1 nitrogen and oxygen atoms in total. The van der Waals surface area contributed by atoms with E-state index in [2.05, 4.69) is 19.1 Å². The maximum atomic E-state index is 5.68. The predicted octanol–water partition coefficient (Wildman–Crippen LogP) is 3.30. The molecule has 0 radical (unpaired) electrons. The topological polar surface area (TPSA) is 9.23 Å². The van der Waals surface area contributed by atoms with Crippen molar-refractivity contribution in [3.8, 4) is 0 Å². The van der Waals surface area contributed by atoms with Gasteiger partial charge in [-0.25, -0.2) is 0 Å². The van der Waals surface area contributed by atoms with E-state index in [-0.39, 0.29) is 0 Å². The molecule has 0 aromatic carbocycles. The van der Waals surface area contributed by atoms with Gasteiger partial charge in [-0.15, -0.1) is 0 Å². The van der Waals surface area contributed by atoms with Crippen molar-refractivity contribution in [3.63, 3.8) is 0 Å². The molecule has 1 rings (SSSR count). The fourth-order valence-electron chi connectivity index (χ4n) is 1.54. The van der Waals surface area contributed by atoms with Gasteiger partial charge in [-0.05, 0) is 25.7 Å². The van der Waals surface area contributed by atoms with Gasteiger partial charge in [0.25, 0.3) is 0 Å². The van der Waals surface area contributed by atoms with Crippen LogP contribution in [0.4, 0.5) is 0 Å². The number of hydrogen-bond acceptors (Lipinski definition) is 1. The molecular formula is C11H20O. The van der Waals surface area contributed by atoms with Crippen LogP contribution >= 0.6 is 0 Å². The standard InChI is InChI=1S/C11H20O/c1-2-10-12-11-8-6-4-3-5-7-9-11/h6,8,11H,2-5,7,9-10H2,1H3/b8-6+. The molecule has 1 heteroatoms. The lowest BCUT2D eigenvalue weighted by Gasteiger charge is -2.15. The molecule has 1 atom stereocenters. The molecule has 1 aliphatic rings. The monoisotopic (exact) mass is 168 g/mol. The Morgan fingerprint density at radius 3 is 3.08 bits per heavy atom. The van der Waals surface area contributed by atoms with Crippen molar-refractivity contribution in [2.24, 2.45) is 0 Å². The summed E-state index contributed by atoms with van der Waals surface area (Å²) < 4.78 is 5.68. The molecule has 0 amide bonds. The van der Waals surface area contributed by atoms with Crippen LogP contribution < -0.4 is 0 Å². The van der Waals surface area contributed by atoms with E-state index < -0.39 is 0 Å². The van der Waals surface area contributed by atoms with Gasteiger partial charge in [0.05, 0.1) is 6.10 Å². The SMILES string of the molecule is CCCOC1/C=C/CCCCC1. The van der Waals surface area contributed by atoms with Gasteiger partial charge < -0.3 is 4.74 Å². The van der Waals surface area contributed by atoms with Gasteiger partial charge in [0, 0.05) is 6.61 Å². The van der Waals surface area contributed by atoms with Crippen molar-refractivity contribution < 1.29 is 4.74 Å². The Bertz CT molecular complexity index is 129. The van der Waals surface area contributed by atoms with Crippen molar-refractivity contribution >= 4 is 0 Å². The lowest BCUT2D eigenvalue weighted by Crippen LogP contribution is -2.11. The first-order valence-corrected chi connectivity index (χ1v) is 5.21. The first-order valence-electron chi connectivity index (χ1n) is 5.21. The van der Waals surface area contributed by atoms with Crippen LogP contribution in [0.25, 0.3) is 0 Å². The molecule has 70 valence electrons. The normalized spacial score (nSPS) is 27.6. The van der Waals surface area contributed by atoms with E-state index in [9.17, 15) is 0 Å². The predicted molar refractivity (Wildman–Crippen MR) is 52.3 cm³/mol. The maximum absolute atomic E-state index is 5.68. The highest BCUT2D eigenvalue weighted by molar-refractivity contribution is 4.91. The van der Waals surface area contributed by atoms with Gasteiger partial charge >= 0.3 is 0 Å². The molecule has 0 saturated heterocycles. The zero-order chi connectivity index (χ0) is 8.65. The Morgan fingerprint density at radius 1 is 1.33 bits per heavy atom. The summed E-state index contributed by atoms with van der Waals surface area (Å²) in [6.07, 6.45) is 12.6. The highest BCUT2D eigenvalue weighted by atomic mass is 16.5. The molecule has 1 unspecified atom stereocenters. The van der Waals surface area contributed by atoms with Crippen molar-refractivity contribution in [1.82, 2.24) is 0 Å². The van der Waals surface area contributed by atoms with Gasteiger partial charge in [-0.1, -0.05) is 31.9 Å². The molecule has 0 spiro atoms. The number of rotatable bonds is 3. The Labute approximate surface area is 75.8 Å². The minimum atomic E-state index is 0.408. The third-order valence-corrected chi connectivity index (χ3v) is 2.25. The van der Waals surface area contributed by atoms with E-state index in [0.29, 0.717) is 6.10 Å². The average molecular weight is 168 g/mol. The highest BCUT2D eigenvalue weighted by Gasteiger charge is 2.05. The Morgan fingerprint density at radius 2 is 2.25 bits per heavy atom. The molecule has 12 heavy (non-hydrogen) atoms. The third-order valence-electron chi connectivity index (χ3n) is 2.25. The van der Waals surface area contributed by atoms with Crippen LogP contribution in [0.15, 0.2) is 12.2 Å². The summed E-state index contributed by atoms with van der Waals surface area (Å²) in [5.41, 5.74) is 0. The summed E-state index contributed by atoms with van der Waals surface area (Å²) in [6.45, 7) is 3.07. The van der Waals surface area contributed by atoms with Crippen molar-refractivity contribution in [2.45, 2.75) is 51.6 Å². The van der Waals surface area contributed by atoms with Gasteiger partial charge in [0.15, 0.2) is 0 Å². The maximum Gasteiger partial charge on any atom is 0.0755 e. The van der Waals surface area contributed by atoms with Crippen LogP contribution in [0, 0.1) is 0 Å². The molecule has 0 aliphatic heterocycles. The van der Waals surface area contributed by atoms with Crippen molar-refractivity contribution in [2.75, 3.05) is 6.61 Å². The second kappa shape index (κ2) is 6.24. The summed E-state index contributed by atoms with van der Waals surface area (Å²) in [4.78, 5) is 0. The molecule has 0 N–H and O–H groups in total. The van der Waals surface area contributed by atoms with E-state index in [4.69, 9.17) is 4.74 Å². The summed E-state index contributed by atoms with van der Waals surface area (Å²) in [7, 11) is 0. The fourth-order valence-corrected chi connectivity index (χ4v) is 1.54. The minimum absolute atomic E-state index is 0.408. The van der Waals surface area contributed by atoms with Gasteiger partial charge in [0.2, 0.25) is 0 Å². The lowest BCUT2D eigenvalue weighted by atomic mass is 10.0. The largest absolute Gasteiger partial charge is 0.374 e. The molecule has 0 saturated carbocycles. The number of hydrogen-bond donors (Lipinski definition) is 0. The molecule has 1 aliphatic carbocycles. The smallest absolute Gasteiger partial charge is 0.0755 e. The molecule has 0 fully saturated rings. The quantitative estimate of drug-likeness (QED) is 0.587. The van der Waals surface area contributed by atoms with E-state index in [0.717, 1.165) is 13.0 Å². The first kappa shape index (κ1) is 9.79. The third kappa shape index (κ3) is 3.91. The lowest BCUT2D eigenvalue weighted by molar-refractivity contribution is 0.0772.